The summed E-state index contributed by atoms with van der Waals surface area (Å²) in [5.74, 6) is -3.01. The predicted octanol–water partition coefficient (Wildman–Crippen LogP) is 4.84. The Labute approximate surface area is 154 Å². The van der Waals surface area contributed by atoms with Crippen LogP contribution >= 0.6 is 0 Å². The van der Waals surface area contributed by atoms with Crippen molar-refractivity contribution in [1.29, 1.82) is 0 Å². The number of anilines is 1. The first-order valence-corrected chi connectivity index (χ1v) is 7.81. The number of imidazole rings is 1. The fourth-order valence-electron chi connectivity index (χ4n) is 2.49. The maximum Gasteiger partial charge on any atom is 0.411 e. The minimum absolute atomic E-state index is 0.0524. The molecule has 2 heterocycles. The Morgan fingerprint density at radius 3 is 2.71 bits per heavy atom. The molecule has 1 amide bonds. The molecule has 1 aromatic carbocycles. The number of pyridine rings is 1. The number of rotatable bonds is 5. The van der Waals surface area contributed by atoms with Gasteiger partial charge < -0.3 is 14.2 Å². The van der Waals surface area contributed by atoms with Crippen molar-refractivity contribution in [3.05, 3.63) is 54.5 Å². The lowest BCUT2D eigenvalue weighted by molar-refractivity contribution is -0.132. The van der Waals surface area contributed by atoms with Crippen molar-refractivity contribution in [2.24, 2.45) is 0 Å². The molecule has 0 aliphatic rings. The fourth-order valence-corrected chi connectivity index (χ4v) is 2.49. The van der Waals surface area contributed by atoms with Crippen molar-refractivity contribution in [3.8, 4) is 11.5 Å². The zero-order valence-electron chi connectivity index (χ0n) is 14.0. The van der Waals surface area contributed by atoms with E-state index in [0.717, 1.165) is 18.2 Å². The monoisotopic (exact) mass is 401 g/mol. The zero-order chi connectivity index (χ0) is 20.5. The first kappa shape index (κ1) is 19.4. The van der Waals surface area contributed by atoms with Crippen LogP contribution in [0.5, 0.6) is 11.5 Å². The Kier molecular flexibility index (Phi) is 5.08. The number of aromatic nitrogens is 2. The van der Waals surface area contributed by atoms with Gasteiger partial charge in [-0.05, 0) is 12.1 Å². The van der Waals surface area contributed by atoms with E-state index in [1.165, 1.54) is 29.1 Å². The van der Waals surface area contributed by atoms with E-state index < -0.39 is 42.6 Å². The molecule has 28 heavy (non-hydrogen) atoms. The van der Waals surface area contributed by atoms with Gasteiger partial charge in [-0.25, -0.2) is 14.2 Å². The SMILES string of the molecule is O=C(O)N(CCC(F)(F)F)c1cc(Oc2cccc(F)c2F)cn2ccnc12. The van der Waals surface area contributed by atoms with Crippen molar-refractivity contribution >= 4 is 17.4 Å². The molecule has 3 rings (SSSR count). The van der Waals surface area contributed by atoms with E-state index in [1.807, 2.05) is 0 Å². The molecule has 0 aliphatic heterocycles. The van der Waals surface area contributed by atoms with Crippen LogP contribution in [0.25, 0.3) is 5.65 Å². The second kappa shape index (κ2) is 7.33. The largest absolute Gasteiger partial charge is 0.465 e. The highest BCUT2D eigenvalue weighted by molar-refractivity contribution is 5.91. The highest BCUT2D eigenvalue weighted by atomic mass is 19.4. The van der Waals surface area contributed by atoms with Crippen LogP contribution in [-0.4, -0.2) is 33.3 Å². The molecule has 0 saturated heterocycles. The summed E-state index contributed by atoms with van der Waals surface area (Å²) in [6.07, 6.45) is -3.58. The van der Waals surface area contributed by atoms with Gasteiger partial charge in [0.2, 0.25) is 5.82 Å². The summed E-state index contributed by atoms with van der Waals surface area (Å²) < 4.78 is 71.4. The lowest BCUT2D eigenvalue weighted by Gasteiger charge is -2.21. The molecule has 0 saturated carbocycles. The molecule has 0 spiro atoms. The number of benzene rings is 1. The van der Waals surface area contributed by atoms with Gasteiger partial charge in [0, 0.05) is 25.0 Å². The summed E-state index contributed by atoms with van der Waals surface area (Å²) in [5.41, 5.74) is -0.146. The Bertz CT molecular complexity index is 1020. The van der Waals surface area contributed by atoms with Crippen molar-refractivity contribution in [2.45, 2.75) is 12.6 Å². The van der Waals surface area contributed by atoms with Crippen LogP contribution < -0.4 is 9.64 Å². The van der Waals surface area contributed by atoms with Gasteiger partial charge in [0.15, 0.2) is 17.2 Å². The van der Waals surface area contributed by atoms with Crippen LogP contribution in [0, 0.1) is 11.6 Å². The highest BCUT2D eigenvalue weighted by Gasteiger charge is 2.30. The van der Waals surface area contributed by atoms with E-state index >= 15 is 0 Å². The van der Waals surface area contributed by atoms with Gasteiger partial charge in [-0.1, -0.05) is 6.07 Å². The molecule has 0 fully saturated rings. The number of carboxylic acid groups (broad SMARTS) is 1. The number of alkyl halides is 3. The lowest BCUT2D eigenvalue weighted by Crippen LogP contribution is -2.33. The van der Waals surface area contributed by atoms with E-state index in [0.29, 0.717) is 4.90 Å². The average Bonchev–Trinajstić information content (AvgIpc) is 3.06. The Hall–Kier alpha value is -3.37. The molecule has 0 radical (unpaired) electrons. The fraction of sp³-hybridized carbons (Fsp3) is 0.176. The second-order valence-corrected chi connectivity index (χ2v) is 5.67. The topological polar surface area (TPSA) is 67.1 Å². The molecule has 0 unspecified atom stereocenters. The van der Waals surface area contributed by atoms with Crippen LogP contribution in [0.3, 0.4) is 0 Å². The molecule has 0 atom stereocenters. The maximum absolute atomic E-state index is 13.8. The third-order valence-corrected chi connectivity index (χ3v) is 3.73. The van der Waals surface area contributed by atoms with Crippen LogP contribution in [0.1, 0.15) is 6.42 Å². The van der Waals surface area contributed by atoms with Gasteiger partial charge in [0.05, 0.1) is 18.3 Å². The van der Waals surface area contributed by atoms with Gasteiger partial charge in [-0.15, -0.1) is 0 Å². The summed E-state index contributed by atoms with van der Waals surface area (Å²) in [4.78, 5) is 15.9. The molecule has 6 nitrogen and oxygen atoms in total. The Morgan fingerprint density at radius 2 is 2.04 bits per heavy atom. The molecule has 11 heteroatoms. The number of halogens is 5. The van der Waals surface area contributed by atoms with E-state index in [-0.39, 0.29) is 17.1 Å². The quantitative estimate of drug-likeness (QED) is 0.622. The number of amides is 1. The van der Waals surface area contributed by atoms with Crippen LogP contribution in [0.15, 0.2) is 42.9 Å². The van der Waals surface area contributed by atoms with Gasteiger partial charge in [-0.3, -0.25) is 4.90 Å². The van der Waals surface area contributed by atoms with Gasteiger partial charge in [-0.2, -0.15) is 17.6 Å². The number of nitrogens with zero attached hydrogens (tertiary/aromatic N) is 3. The van der Waals surface area contributed by atoms with E-state index in [1.54, 1.807) is 0 Å². The van der Waals surface area contributed by atoms with Crippen molar-refractivity contribution in [2.75, 3.05) is 11.4 Å². The molecular weight excluding hydrogens is 389 g/mol. The summed E-state index contributed by atoms with van der Waals surface area (Å²) in [6, 6.07) is 4.33. The smallest absolute Gasteiger partial charge is 0.411 e. The molecule has 2 aromatic heterocycles. The Balaban J connectivity index is 2.02. The average molecular weight is 401 g/mol. The zero-order valence-corrected chi connectivity index (χ0v) is 14.0. The van der Waals surface area contributed by atoms with E-state index in [2.05, 4.69) is 4.98 Å². The summed E-state index contributed by atoms with van der Waals surface area (Å²) in [7, 11) is 0. The first-order chi connectivity index (χ1) is 13.2. The van der Waals surface area contributed by atoms with Crippen molar-refractivity contribution in [1.82, 2.24) is 9.38 Å². The summed E-state index contributed by atoms with van der Waals surface area (Å²) in [6.45, 7) is -0.876. The Morgan fingerprint density at radius 1 is 1.29 bits per heavy atom. The molecule has 0 bridgehead atoms. The molecule has 0 aliphatic carbocycles. The third-order valence-electron chi connectivity index (χ3n) is 3.73. The third kappa shape index (κ3) is 4.13. The first-order valence-electron chi connectivity index (χ1n) is 7.81. The van der Waals surface area contributed by atoms with Crippen molar-refractivity contribution in [3.63, 3.8) is 0 Å². The van der Waals surface area contributed by atoms with Crippen LogP contribution in [0.2, 0.25) is 0 Å². The van der Waals surface area contributed by atoms with Gasteiger partial charge in [0.25, 0.3) is 0 Å². The minimum Gasteiger partial charge on any atom is -0.465 e. The van der Waals surface area contributed by atoms with E-state index in [9.17, 15) is 31.9 Å². The lowest BCUT2D eigenvalue weighted by atomic mass is 10.3. The number of carbonyl (C=O) groups is 1. The highest BCUT2D eigenvalue weighted by Crippen LogP contribution is 2.32. The van der Waals surface area contributed by atoms with Crippen LogP contribution in [0.4, 0.5) is 32.4 Å². The molecule has 148 valence electrons. The van der Waals surface area contributed by atoms with E-state index in [4.69, 9.17) is 4.74 Å². The maximum atomic E-state index is 13.8. The standard InChI is InChI=1S/C17H12F5N3O3/c18-11-2-1-3-13(14(11)19)28-10-8-12(15-23-5-7-24(15)9-10)25(16(26)27)6-4-17(20,21)22/h1-3,5,7-9H,4,6H2,(H,26,27). The molecule has 1 N–H and O–H groups in total. The molecule has 3 aromatic rings. The summed E-state index contributed by atoms with van der Waals surface area (Å²) in [5, 5.41) is 9.35. The normalized spacial score (nSPS) is 11.6. The van der Waals surface area contributed by atoms with Gasteiger partial charge in [0.1, 0.15) is 5.75 Å². The minimum atomic E-state index is -4.57. The van der Waals surface area contributed by atoms with Crippen LogP contribution in [-0.2, 0) is 0 Å². The number of hydrogen-bond acceptors (Lipinski definition) is 3. The second-order valence-electron chi connectivity index (χ2n) is 5.67. The number of hydrogen-bond donors (Lipinski definition) is 1. The summed E-state index contributed by atoms with van der Waals surface area (Å²) >= 11 is 0. The molecular formula is C17H12F5N3O3. The van der Waals surface area contributed by atoms with Gasteiger partial charge >= 0.3 is 12.3 Å². The number of fused-ring (bicyclic) bond motifs is 1. The van der Waals surface area contributed by atoms with Crippen molar-refractivity contribution < 1.29 is 36.6 Å². The predicted molar refractivity (Wildman–Crippen MR) is 87.7 cm³/mol. The number of ether oxygens (including phenoxy) is 1.